The second-order valence-corrected chi connectivity index (χ2v) is 6.47. The number of fused-ring (bicyclic) bond motifs is 1. The van der Waals surface area contributed by atoms with Crippen LogP contribution >= 0.6 is 0 Å². The maximum absolute atomic E-state index is 12.0. The van der Waals surface area contributed by atoms with Gasteiger partial charge in [0.15, 0.2) is 0 Å². The Labute approximate surface area is 118 Å². The summed E-state index contributed by atoms with van der Waals surface area (Å²) in [5.41, 5.74) is -0.552. The first kappa shape index (κ1) is 14.8. The molecule has 0 unspecified atom stereocenters. The lowest BCUT2D eigenvalue weighted by molar-refractivity contribution is -0.156. The van der Waals surface area contributed by atoms with Crippen molar-refractivity contribution in [2.75, 3.05) is 13.2 Å². The lowest BCUT2D eigenvalue weighted by Crippen LogP contribution is -2.33. The van der Waals surface area contributed by atoms with Crippen molar-refractivity contribution >= 4 is 17.8 Å². The van der Waals surface area contributed by atoms with E-state index < -0.39 is 11.7 Å². The van der Waals surface area contributed by atoms with E-state index in [0.717, 1.165) is 0 Å². The molecule has 0 bridgehead atoms. The number of carbonyl (C=O) groups is 3. The molecule has 2 aliphatic heterocycles. The summed E-state index contributed by atoms with van der Waals surface area (Å²) in [6.07, 6.45) is -0.257. The number of hydrogen-bond donors (Lipinski definition) is 0. The highest BCUT2D eigenvalue weighted by atomic mass is 16.6. The van der Waals surface area contributed by atoms with Gasteiger partial charge in [-0.05, 0) is 27.7 Å². The van der Waals surface area contributed by atoms with E-state index in [0.29, 0.717) is 6.54 Å². The van der Waals surface area contributed by atoms with Gasteiger partial charge in [-0.1, -0.05) is 0 Å². The van der Waals surface area contributed by atoms with Crippen molar-refractivity contribution in [2.24, 2.45) is 11.8 Å². The van der Waals surface area contributed by atoms with Crippen LogP contribution in [0.25, 0.3) is 0 Å². The van der Waals surface area contributed by atoms with E-state index in [1.54, 1.807) is 25.7 Å². The van der Waals surface area contributed by atoms with Gasteiger partial charge in [0.2, 0.25) is 0 Å². The van der Waals surface area contributed by atoms with Gasteiger partial charge in [-0.25, -0.2) is 4.79 Å². The van der Waals surface area contributed by atoms with Crippen molar-refractivity contribution in [3.05, 3.63) is 0 Å². The quantitative estimate of drug-likeness (QED) is 0.731. The Hall–Kier alpha value is -1.59. The Morgan fingerprint density at radius 2 is 2.05 bits per heavy atom. The molecule has 0 N–H and O–H groups in total. The zero-order valence-electron chi connectivity index (χ0n) is 12.3. The van der Waals surface area contributed by atoms with Crippen LogP contribution in [0, 0.1) is 11.8 Å². The molecule has 2 saturated heterocycles. The molecule has 2 aliphatic rings. The molecule has 0 aromatic heterocycles. The Kier molecular flexibility index (Phi) is 3.75. The van der Waals surface area contributed by atoms with E-state index in [-0.39, 0.29) is 42.7 Å². The van der Waals surface area contributed by atoms with E-state index in [9.17, 15) is 14.4 Å². The minimum atomic E-state index is -0.552. The predicted octanol–water partition coefficient (Wildman–Crippen LogP) is 1.37. The molecule has 0 aliphatic carbocycles. The molecule has 0 saturated carbocycles. The van der Waals surface area contributed by atoms with Crippen LogP contribution < -0.4 is 0 Å². The number of Topliss-reactive ketones (excluding diaryl/α,β-unsaturated/α-hetero) is 1. The molecule has 112 valence electrons. The maximum Gasteiger partial charge on any atom is 0.410 e. The number of hydrogen-bond acceptors (Lipinski definition) is 5. The van der Waals surface area contributed by atoms with Gasteiger partial charge in [0.05, 0.1) is 12.5 Å². The lowest BCUT2D eigenvalue weighted by Gasteiger charge is -2.23. The predicted molar refractivity (Wildman–Crippen MR) is 70.0 cm³/mol. The summed E-state index contributed by atoms with van der Waals surface area (Å²) in [5, 5.41) is 0. The fourth-order valence-electron chi connectivity index (χ4n) is 2.93. The maximum atomic E-state index is 12.0. The molecular formula is C14H21NO5. The van der Waals surface area contributed by atoms with E-state index in [1.165, 1.54) is 6.92 Å². The van der Waals surface area contributed by atoms with Gasteiger partial charge in [-0.3, -0.25) is 9.59 Å². The van der Waals surface area contributed by atoms with Crippen LogP contribution in [-0.4, -0.2) is 47.5 Å². The topological polar surface area (TPSA) is 72.9 Å². The average molecular weight is 283 g/mol. The summed E-state index contributed by atoms with van der Waals surface area (Å²) in [4.78, 5) is 36.8. The van der Waals surface area contributed by atoms with Crippen molar-refractivity contribution in [2.45, 2.75) is 45.8 Å². The molecule has 0 aromatic rings. The fraction of sp³-hybridized carbons (Fsp3) is 0.786. The molecule has 6 heteroatoms. The van der Waals surface area contributed by atoms with E-state index in [4.69, 9.17) is 9.47 Å². The first-order valence-corrected chi connectivity index (χ1v) is 6.85. The number of esters is 1. The SMILES string of the molecule is CC(=O)[C@H]1CN2C(=O)OC[C@@H]2[C@H]1CC(=O)OC(C)(C)C. The van der Waals surface area contributed by atoms with Crippen LogP contribution in [0.3, 0.4) is 0 Å². The zero-order chi connectivity index (χ0) is 15.1. The van der Waals surface area contributed by atoms with Crippen molar-refractivity contribution < 1.29 is 23.9 Å². The summed E-state index contributed by atoms with van der Waals surface area (Å²) in [6, 6.07) is -0.191. The first-order valence-electron chi connectivity index (χ1n) is 6.85. The monoisotopic (exact) mass is 283 g/mol. The Morgan fingerprint density at radius 3 is 2.60 bits per heavy atom. The number of amides is 1. The summed E-state index contributed by atoms with van der Waals surface area (Å²) >= 11 is 0. The third kappa shape index (κ3) is 2.94. The molecule has 3 atom stereocenters. The van der Waals surface area contributed by atoms with Crippen LogP contribution in [-0.2, 0) is 19.1 Å². The minimum absolute atomic E-state index is 0.000702. The van der Waals surface area contributed by atoms with Crippen molar-refractivity contribution in [3.8, 4) is 0 Å². The van der Waals surface area contributed by atoms with E-state index in [2.05, 4.69) is 0 Å². The third-order valence-corrected chi connectivity index (χ3v) is 3.76. The smallest absolute Gasteiger partial charge is 0.410 e. The fourth-order valence-corrected chi connectivity index (χ4v) is 2.93. The van der Waals surface area contributed by atoms with Crippen molar-refractivity contribution in [1.82, 2.24) is 4.90 Å². The first-order chi connectivity index (χ1) is 9.19. The molecule has 1 amide bonds. The molecular weight excluding hydrogens is 262 g/mol. The Balaban J connectivity index is 2.09. The number of rotatable bonds is 3. The van der Waals surface area contributed by atoms with Gasteiger partial charge in [-0.2, -0.15) is 0 Å². The number of ether oxygens (including phenoxy) is 2. The summed E-state index contributed by atoms with van der Waals surface area (Å²) in [5.74, 6) is -0.857. The van der Waals surface area contributed by atoms with Crippen LogP contribution in [0.15, 0.2) is 0 Å². The van der Waals surface area contributed by atoms with Gasteiger partial charge >= 0.3 is 12.1 Å². The van der Waals surface area contributed by atoms with E-state index >= 15 is 0 Å². The van der Waals surface area contributed by atoms with E-state index in [1.807, 2.05) is 0 Å². The zero-order valence-corrected chi connectivity index (χ0v) is 12.3. The number of ketones is 1. The standard InChI is InChI=1S/C14H21NO5/c1-8(16)10-6-15-11(7-19-13(15)18)9(10)5-12(17)20-14(2,3)4/h9-11H,5-7H2,1-4H3/t9-,10+,11+/m0/s1. The summed E-state index contributed by atoms with van der Waals surface area (Å²) in [6.45, 7) is 7.49. The molecule has 0 aromatic carbocycles. The van der Waals surface area contributed by atoms with Crippen LogP contribution in [0.5, 0.6) is 0 Å². The van der Waals surface area contributed by atoms with Crippen molar-refractivity contribution in [3.63, 3.8) is 0 Å². The van der Waals surface area contributed by atoms with Crippen LogP contribution in [0.4, 0.5) is 4.79 Å². The highest BCUT2D eigenvalue weighted by Crippen LogP contribution is 2.37. The van der Waals surface area contributed by atoms with Crippen LogP contribution in [0.1, 0.15) is 34.1 Å². The normalized spacial score (nSPS) is 29.1. The van der Waals surface area contributed by atoms with Gasteiger partial charge in [-0.15, -0.1) is 0 Å². The third-order valence-electron chi connectivity index (χ3n) is 3.76. The second kappa shape index (κ2) is 5.07. The van der Waals surface area contributed by atoms with Gasteiger partial charge in [0, 0.05) is 18.4 Å². The Morgan fingerprint density at radius 1 is 1.40 bits per heavy atom. The highest BCUT2D eigenvalue weighted by molar-refractivity contribution is 5.82. The van der Waals surface area contributed by atoms with Gasteiger partial charge < -0.3 is 14.4 Å². The summed E-state index contributed by atoms with van der Waals surface area (Å²) in [7, 11) is 0. The number of cyclic esters (lactones) is 1. The minimum Gasteiger partial charge on any atom is -0.460 e. The van der Waals surface area contributed by atoms with Crippen LogP contribution in [0.2, 0.25) is 0 Å². The second-order valence-electron chi connectivity index (χ2n) is 6.47. The molecule has 2 fully saturated rings. The number of carbonyl (C=O) groups excluding carboxylic acids is 3. The molecule has 0 radical (unpaired) electrons. The van der Waals surface area contributed by atoms with Crippen molar-refractivity contribution in [1.29, 1.82) is 0 Å². The molecule has 0 spiro atoms. The molecule has 20 heavy (non-hydrogen) atoms. The average Bonchev–Trinajstić information content (AvgIpc) is 2.78. The highest BCUT2D eigenvalue weighted by Gasteiger charge is 2.51. The van der Waals surface area contributed by atoms with Gasteiger partial charge in [0.1, 0.15) is 18.0 Å². The van der Waals surface area contributed by atoms with Gasteiger partial charge in [0.25, 0.3) is 0 Å². The molecule has 2 heterocycles. The number of nitrogens with zero attached hydrogens (tertiary/aromatic N) is 1. The molecule has 2 rings (SSSR count). The lowest BCUT2D eigenvalue weighted by atomic mass is 9.85. The summed E-state index contributed by atoms with van der Waals surface area (Å²) < 4.78 is 10.3. The Bertz CT molecular complexity index is 439. The largest absolute Gasteiger partial charge is 0.460 e. The molecule has 6 nitrogen and oxygen atoms in total.